The van der Waals surface area contributed by atoms with Crippen LogP contribution < -0.4 is 14.8 Å². The molecule has 1 aliphatic heterocycles. The number of fused-ring (bicyclic) bond motifs is 2. The maximum atomic E-state index is 5.55. The first-order valence-electron chi connectivity index (χ1n) is 5.24. The summed E-state index contributed by atoms with van der Waals surface area (Å²) in [7, 11) is 1.89. The molecule has 0 atom stereocenters. The molecule has 0 saturated heterocycles. The van der Waals surface area contributed by atoms with Gasteiger partial charge in [-0.3, -0.25) is 4.98 Å². The molecule has 2 aromatic rings. The average Bonchev–Trinajstić information content (AvgIpc) is 2.35. The maximum absolute atomic E-state index is 5.55. The Morgan fingerprint density at radius 1 is 1.19 bits per heavy atom. The van der Waals surface area contributed by atoms with Crippen molar-refractivity contribution < 1.29 is 9.47 Å². The number of benzene rings is 1. The number of aromatic nitrogens is 1. The highest BCUT2D eigenvalue weighted by Gasteiger charge is 2.14. The number of pyridine rings is 1. The molecular formula is C12H12N2O2. The van der Waals surface area contributed by atoms with E-state index in [2.05, 4.69) is 10.3 Å². The summed E-state index contributed by atoms with van der Waals surface area (Å²) in [6, 6.07) is 5.84. The SMILES string of the molecule is CNc1ccnc2cc3c(cc12)OCCO3. The van der Waals surface area contributed by atoms with Gasteiger partial charge in [-0.1, -0.05) is 0 Å². The average molecular weight is 216 g/mol. The monoisotopic (exact) mass is 216 g/mol. The Bertz CT molecular complexity index is 540. The number of hydrogen-bond donors (Lipinski definition) is 1. The van der Waals surface area contributed by atoms with Gasteiger partial charge in [0.1, 0.15) is 13.2 Å². The Balaban J connectivity index is 2.27. The van der Waals surface area contributed by atoms with E-state index in [0.717, 1.165) is 28.1 Å². The van der Waals surface area contributed by atoms with Gasteiger partial charge in [0, 0.05) is 30.4 Å². The van der Waals surface area contributed by atoms with Gasteiger partial charge in [0.05, 0.1) is 5.52 Å². The van der Waals surface area contributed by atoms with Crippen LogP contribution in [0.4, 0.5) is 5.69 Å². The second kappa shape index (κ2) is 3.56. The highest BCUT2D eigenvalue weighted by molar-refractivity contribution is 5.93. The third-order valence-electron chi connectivity index (χ3n) is 2.67. The van der Waals surface area contributed by atoms with E-state index in [0.29, 0.717) is 13.2 Å². The van der Waals surface area contributed by atoms with Gasteiger partial charge < -0.3 is 14.8 Å². The number of hydrogen-bond acceptors (Lipinski definition) is 4. The van der Waals surface area contributed by atoms with Crippen LogP contribution in [0.2, 0.25) is 0 Å². The molecule has 2 heterocycles. The van der Waals surface area contributed by atoms with Crippen LogP contribution in [0.25, 0.3) is 10.9 Å². The first kappa shape index (κ1) is 9.27. The van der Waals surface area contributed by atoms with Gasteiger partial charge >= 0.3 is 0 Å². The van der Waals surface area contributed by atoms with E-state index < -0.39 is 0 Å². The molecule has 3 rings (SSSR count). The molecule has 0 amide bonds. The number of anilines is 1. The van der Waals surface area contributed by atoms with Crippen LogP contribution in [0.5, 0.6) is 11.5 Å². The highest BCUT2D eigenvalue weighted by Crippen LogP contribution is 2.36. The van der Waals surface area contributed by atoms with E-state index in [1.54, 1.807) is 6.20 Å². The first-order chi connectivity index (χ1) is 7.88. The van der Waals surface area contributed by atoms with Crippen molar-refractivity contribution in [2.45, 2.75) is 0 Å². The van der Waals surface area contributed by atoms with Gasteiger partial charge in [0.15, 0.2) is 11.5 Å². The number of ether oxygens (including phenoxy) is 2. The molecule has 0 fully saturated rings. The highest BCUT2D eigenvalue weighted by atomic mass is 16.6. The standard InChI is InChI=1S/C12H12N2O2/c1-13-9-2-3-14-10-7-12-11(6-8(9)10)15-4-5-16-12/h2-3,6-7H,4-5H2,1H3,(H,13,14). The summed E-state index contributed by atoms with van der Waals surface area (Å²) in [6.07, 6.45) is 1.78. The molecule has 82 valence electrons. The van der Waals surface area contributed by atoms with Gasteiger partial charge in [-0.05, 0) is 12.1 Å². The molecule has 0 radical (unpaired) electrons. The normalized spacial score (nSPS) is 13.8. The minimum absolute atomic E-state index is 0.601. The number of nitrogens with one attached hydrogen (secondary N) is 1. The van der Waals surface area contributed by atoms with Gasteiger partial charge in [0.25, 0.3) is 0 Å². The lowest BCUT2D eigenvalue weighted by molar-refractivity contribution is 0.172. The van der Waals surface area contributed by atoms with Crippen LogP contribution in [0.3, 0.4) is 0 Å². The van der Waals surface area contributed by atoms with E-state index in [-0.39, 0.29) is 0 Å². The molecule has 1 aromatic heterocycles. The van der Waals surface area contributed by atoms with Crippen molar-refractivity contribution in [2.24, 2.45) is 0 Å². The van der Waals surface area contributed by atoms with Crippen LogP contribution in [-0.4, -0.2) is 25.2 Å². The Labute approximate surface area is 93.2 Å². The largest absolute Gasteiger partial charge is 0.486 e. The zero-order valence-corrected chi connectivity index (χ0v) is 8.99. The lowest BCUT2D eigenvalue weighted by Gasteiger charge is -2.19. The summed E-state index contributed by atoms with van der Waals surface area (Å²) < 4.78 is 11.1. The zero-order chi connectivity index (χ0) is 11.0. The molecule has 0 saturated carbocycles. The van der Waals surface area contributed by atoms with Gasteiger partial charge in [-0.15, -0.1) is 0 Å². The molecule has 0 unspecified atom stereocenters. The molecule has 0 spiro atoms. The second-order valence-corrected chi connectivity index (χ2v) is 3.62. The van der Waals surface area contributed by atoms with Crippen LogP contribution in [0, 0.1) is 0 Å². The van der Waals surface area contributed by atoms with Crippen LogP contribution in [0.1, 0.15) is 0 Å². The third-order valence-corrected chi connectivity index (χ3v) is 2.67. The second-order valence-electron chi connectivity index (χ2n) is 3.62. The van der Waals surface area contributed by atoms with E-state index >= 15 is 0 Å². The van der Waals surface area contributed by atoms with E-state index in [1.165, 1.54) is 0 Å². The van der Waals surface area contributed by atoms with Crippen LogP contribution >= 0.6 is 0 Å². The summed E-state index contributed by atoms with van der Waals surface area (Å²) in [4.78, 5) is 4.32. The van der Waals surface area contributed by atoms with Gasteiger partial charge in [0.2, 0.25) is 0 Å². The fraction of sp³-hybridized carbons (Fsp3) is 0.250. The predicted octanol–water partition coefficient (Wildman–Crippen LogP) is 2.05. The van der Waals surface area contributed by atoms with Gasteiger partial charge in [-0.25, -0.2) is 0 Å². The number of rotatable bonds is 1. The summed E-state index contributed by atoms with van der Waals surface area (Å²) >= 11 is 0. The Kier molecular flexibility index (Phi) is 2.06. The molecule has 1 aliphatic rings. The third kappa shape index (κ3) is 1.34. The van der Waals surface area contributed by atoms with E-state index in [9.17, 15) is 0 Å². The van der Waals surface area contributed by atoms with E-state index in [4.69, 9.17) is 9.47 Å². The van der Waals surface area contributed by atoms with Crippen LogP contribution in [0.15, 0.2) is 24.4 Å². The van der Waals surface area contributed by atoms with Crippen molar-refractivity contribution in [2.75, 3.05) is 25.6 Å². The smallest absolute Gasteiger partial charge is 0.163 e. The summed E-state index contributed by atoms with van der Waals surface area (Å²) in [6.45, 7) is 1.21. The molecule has 1 N–H and O–H groups in total. The molecule has 16 heavy (non-hydrogen) atoms. The molecule has 1 aromatic carbocycles. The topological polar surface area (TPSA) is 43.4 Å². The van der Waals surface area contributed by atoms with E-state index in [1.807, 2.05) is 25.2 Å². The van der Waals surface area contributed by atoms with Crippen molar-refractivity contribution in [1.82, 2.24) is 4.98 Å². The predicted molar refractivity (Wildman–Crippen MR) is 62.3 cm³/mol. The fourth-order valence-corrected chi connectivity index (χ4v) is 1.90. The van der Waals surface area contributed by atoms with Crippen molar-refractivity contribution in [3.63, 3.8) is 0 Å². The minimum Gasteiger partial charge on any atom is -0.486 e. The first-order valence-corrected chi connectivity index (χ1v) is 5.24. The summed E-state index contributed by atoms with van der Waals surface area (Å²) in [5.74, 6) is 1.57. The Morgan fingerprint density at radius 2 is 1.94 bits per heavy atom. The zero-order valence-electron chi connectivity index (χ0n) is 8.99. The van der Waals surface area contributed by atoms with Gasteiger partial charge in [-0.2, -0.15) is 0 Å². The summed E-state index contributed by atoms with van der Waals surface area (Å²) in [5, 5.41) is 4.19. The lowest BCUT2D eigenvalue weighted by Crippen LogP contribution is -2.15. The summed E-state index contributed by atoms with van der Waals surface area (Å²) in [5.41, 5.74) is 1.96. The minimum atomic E-state index is 0.601. The molecule has 0 bridgehead atoms. The molecule has 0 aliphatic carbocycles. The quantitative estimate of drug-likeness (QED) is 0.792. The molecule has 4 nitrogen and oxygen atoms in total. The Hall–Kier alpha value is -1.97. The van der Waals surface area contributed by atoms with Crippen molar-refractivity contribution in [3.05, 3.63) is 24.4 Å². The fourth-order valence-electron chi connectivity index (χ4n) is 1.90. The lowest BCUT2D eigenvalue weighted by atomic mass is 10.1. The maximum Gasteiger partial charge on any atom is 0.163 e. The van der Waals surface area contributed by atoms with Crippen LogP contribution in [-0.2, 0) is 0 Å². The van der Waals surface area contributed by atoms with Crippen molar-refractivity contribution >= 4 is 16.6 Å². The van der Waals surface area contributed by atoms with Crippen molar-refractivity contribution in [3.8, 4) is 11.5 Å². The molecular weight excluding hydrogens is 204 g/mol. The Morgan fingerprint density at radius 3 is 2.69 bits per heavy atom. The number of nitrogens with zero attached hydrogens (tertiary/aromatic N) is 1. The molecule has 4 heteroatoms. The van der Waals surface area contributed by atoms with Crippen molar-refractivity contribution in [1.29, 1.82) is 0 Å².